The lowest BCUT2D eigenvalue weighted by atomic mass is 10.1. The largest absolute Gasteiger partial charge is 0.336 e. The van der Waals surface area contributed by atoms with E-state index in [1.165, 1.54) is 6.20 Å². The van der Waals surface area contributed by atoms with E-state index in [0.29, 0.717) is 11.4 Å². The van der Waals surface area contributed by atoms with E-state index in [1.807, 2.05) is 0 Å². The third kappa shape index (κ3) is 1.91. The van der Waals surface area contributed by atoms with Crippen LogP contribution in [-0.2, 0) is 0 Å². The Hall–Kier alpha value is -1.01. The molecule has 2 N–H and O–H groups in total. The van der Waals surface area contributed by atoms with Crippen molar-refractivity contribution < 1.29 is 4.79 Å². The van der Waals surface area contributed by atoms with Gasteiger partial charge in [-0.25, -0.2) is 0 Å². The molecule has 14 heavy (non-hydrogen) atoms. The van der Waals surface area contributed by atoms with Crippen molar-refractivity contribution in [1.29, 1.82) is 0 Å². The van der Waals surface area contributed by atoms with Crippen LogP contribution in [0.1, 0.15) is 22.5 Å². The summed E-state index contributed by atoms with van der Waals surface area (Å²) in [6.07, 6.45) is 3.50. The Kier molecular flexibility index (Phi) is 2.74. The highest BCUT2D eigenvalue weighted by atomic mass is 32.1. The number of nitrogens with zero attached hydrogens (tertiary/aromatic N) is 3. The molecule has 1 aromatic heterocycles. The zero-order valence-electron chi connectivity index (χ0n) is 7.72. The van der Waals surface area contributed by atoms with Crippen molar-refractivity contribution in [2.24, 2.45) is 5.73 Å². The Morgan fingerprint density at radius 3 is 3.21 bits per heavy atom. The smallest absolute Gasteiger partial charge is 0.267 e. The maximum Gasteiger partial charge on any atom is 0.267 e. The molecule has 6 heteroatoms. The Bertz CT molecular complexity index is 313. The van der Waals surface area contributed by atoms with Crippen molar-refractivity contribution in [3.63, 3.8) is 0 Å². The SMILES string of the molecule is NC1CCCN(C(=O)c2cnns2)C1. The molecule has 2 rings (SSSR count). The van der Waals surface area contributed by atoms with Crippen LogP contribution in [0.5, 0.6) is 0 Å². The average molecular weight is 212 g/mol. The van der Waals surface area contributed by atoms with Gasteiger partial charge < -0.3 is 10.6 Å². The van der Waals surface area contributed by atoms with E-state index in [4.69, 9.17) is 5.73 Å². The minimum absolute atomic E-state index is 0.00940. The first kappa shape index (κ1) is 9.54. The number of piperidine rings is 1. The summed E-state index contributed by atoms with van der Waals surface area (Å²) in [5, 5.41) is 3.65. The van der Waals surface area contributed by atoms with Gasteiger partial charge >= 0.3 is 0 Å². The molecule has 2 heterocycles. The quantitative estimate of drug-likeness (QED) is 0.716. The summed E-state index contributed by atoms with van der Waals surface area (Å²) in [6.45, 7) is 1.45. The first-order valence-electron chi connectivity index (χ1n) is 4.59. The molecule has 1 aliphatic rings. The summed E-state index contributed by atoms with van der Waals surface area (Å²) in [5.74, 6) is 0.00940. The lowest BCUT2D eigenvalue weighted by Gasteiger charge is -2.30. The van der Waals surface area contributed by atoms with E-state index in [9.17, 15) is 4.79 Å². The number of carbonyl (C=O) groups excluding carboxylic acids is 1. The summed E-state index contributed by atoms with van der Waals surface area (Å²) in [6, 6.07) is 0.119. The molecule has 0 aromatic carbocycles. The van der Waals surface area contributed by atoms with Crippen molar-refractivity contribution in [2.75, 3.05) is 13.1 Å². The number of nitrogens with two attached hydrogens (primary N) is 1. The molecule has 1 saturated heterocycles. The molecule has 1 aliphatic heterocycles. The molecule has 76 valence electrons. The molecular weight excluding hydrogens is 200 g/mol. The maximum atomic E-state index is 11.8. The predicted octanol–water partition coefficient (Wildman–Crippen LogP) is 0.101. The monoisotopic (exact) mass is 212 g/mol. The van der Waals surface area contributed by atoms with Crippen molar-refractivity contribution in [2.45, 2.75) is 18.9 Å². The second-order valence-electron chi connectivity index (χ2n) is 3.44. The van der Waals surface area contributed by atoms with Crippen LogP contribution in [0.15, 0.2) is 6.20 Å². The second kappa shape index (κ2) is 4.02. The highest BCUT2D eigenvalue weighted by Crippen LogP contribution is 2.13. The molecular formula is C8H12N4OS. The number of aromatic nitrogens is 2. The van der Waals surface area contributed by atoms with Gasteiger partial charge in [-0.2, -0.15) is 0 Å². The van der Waals surface area contributed by atoms with Crippen LogP contribution in [0.3, 0.4) is 0 Å². The van der Waals surface area contributed by atoms with E-state index in [0.717, 1.165) is 30.9 Å². The molecule has 1 fully saturated rings. The van der Waals surface area contributed by atoms with Gasteiger partial charge in [0.2, 0.25) is 0 Å². The minimum atomic E-state index is 0.00940. The van der Waals surface area contributed by atoms with Gasteiger partial charge in [-0.15, -0.1) is 5.10 Å². The number of amides is 1. The number of hydrogen-bond donors (Lipinski definition) is 1. The summed E-state index contributed by atoms with van der Waals surface area (Å²) in [7, 11) is 0. The van der Waals surface area contributed by atoms with Gasteiger partial charge in [0.05, 0.1) is 6.20 Å². The van der Waals surface area contributed by atoms with Crippen molar-refractivity contribution in [3.8, 4) is 0 Å². The standard InChI is InChI=1S/C8H12N4OS/c9-6-2-1-3-12(5-6)8(13)7-4-10-11-14-7/h4,6H,1-3,5,9H2. The fourth-order valence-electron chi connectivity index (χ4n) is 1.61. The third-order valence-electron chi connectivity index (χ3n) is 2.32. The molecule has 0 radical (unpaired) electrons. The lowest BCUT2D eigenvalue weighted by molar-refractivity contribution is 0.0713. The van der Waals surface area contributed by atoms with Gasteiger partial charge in [0, 0.05) is 19.1 Å². The van der Waals surface area contributed by atoms with E-state index < -0.39 is 0 Å². The summed E-state index contributed by atoms with van der Waals surface area (Å²) in [5.41, 5.74) is 5.79. The van der Waals surface area contributed by atoms with Crippen molar-refractivity contribution in [1.82, 2.24) is 14.5 Å². The Labute approximate surface area is 86.1 Å². The summed E-state index contributed by atoms with van der Waals surface area (Å²) >= 11 is 1.13. The van der Waals surface area contributed by atoms with E-state index >= 15 is 0 Å². The third-order valence-corrected chi connectivity index (χ3v) is 2.97. The van der Waals surface area contributed by atoms with Crippen LogP contribution in [0.2, 0.25) is 0 Å². The van der Waals surface area contributed by atoms with Crippen molar-refractivity contribution >= 4 is 17.4 Å². The Balaban J connectivity index is 2.04. The van der Waals surface area contributed by atoms with E-state index in [1.54, 1.807) is 4.90 Å². The predicted molar refractivity (Wildman–Crippen MR) is 53.0 cm³/mol. The van der Waals surface area contributed by atoms with Gasteiger partial charge in [-0.3, -0.25) is 4.79 Å². The summed E-state index contributed by atoms with van der Waals surface area (Å²) in [4.78, 5) is 14.2. The van der Waals surface area contributed by atoms with E-state index in [2.05, 4.69) is 9.59 Å². The normalized spacial score (nSPS) is 22.4. The second-order valence-corrected chi connectivity index (χ2v) is 4.22. The van der Waals surface area contributed by atoms with E-state index in [-0.39, 0.29) is 11.9 Å². The Morgan fingerprint density at radius 2 is 2.57 bits per heavy atom. The fraction of sp³-hybridized carbons (Fsp3) is 0.625. The molecule has 1 aromatic rings. The molecule has 1 amide bonds. The molecule has 1 unspecified atom stereocenters. The van der Waals surface area contributed by atoms with Crippen LogP contribution in [0.4, 0.5) is 0 Å². The fourth-order valence-corrected chi connectivity index (χ4v) is 2.10. The molecule has 0 saturated carbocycles. The van der Waals surface area contributed by atoms with Crippen LogP contribution in [0, 0.1) is 0 Å². The van der Waals surface area contributed by atoms with Crippen LogP contribution >= 0.6 is 11.5 Å². The number of hydrogen-bond acceptors (Lipinski definition) is 5. The first-order chi connectivity index (χ1) is 6.77. The zero-order chi connectivity index (χ0) is 9.97. The van der Waals surface area contributed by atoms with Gasteiger partial charge in [0.15, 0.2) is 0 Å². The zero-order valence-corrected chi connectivity index (χ0v) is 8.54. The van der Waals surface area contributed by atoms with Crippen LogP contribution in [0.25, 0.3) is 0 Å². The van der Waals surface area contributed by atoms with Gasteiger partial charge in [-0.05, 0) is 24.4 Å². The molecule has 0 bridgehead atoms. The van der Waals surface area contributed by atoms with Crippen molar-refractivity contribution in [3.05, 3.63) is 11.1 Å². The molecule has 5 nitrogen and oxygen atoms in total. The molecule has 0 spiro atoms. The summed E-state index contributed by atoms with van der Waals surface area (Å²) < 4.78 is 3.67. The first-order valence-corrected chi connectivity index (χ1v) is 5.37. The molecule has 1 atom stereocenters. The van der Waals surface area contributed by atoms with Gasteiger partial charge in [-0.1, -0.05) is 4.49 Å². The Morgan fingerprint density at radius 1 is 1.71 bits per heavy atom. The van der Waals surface area contributed by atoms with Crippen LogP contribution in [-0.4, -0.2) is 39.5 Å². The molecule has 0 aliphatic carbocycles. The van der Waals surface area contributed by atoms with Gasteiger partial charge in [0.1, 0.15) is 4.88 Å². The highest BCUT2D eigenvalue weighted by Gasteiger charge is 2.23. The lowest BCUT2D eigenvalue weighted by Crippen LogP contribution is -2.45. The average Bonchev–Trinajstić information content (AvgIpc) is 2.69. The van der Waals surface area contributed by atoms with Crippen LogP contribution < -0.4 is 5.73 Å². The number of likely N-dealkylation sites (tertiary alicyclic amines) is 1. The van der Waals surface area contributed by atoms with Gasteiger partial charge in [0.25, 0.3) is 5.91 Å². The number of carbonyl (C=O) groups is 1. The maximum absolute atomic E-state index is 11.8. The minimum Gasteiger partial charge on any atom is -0.336 e. The highest BCUT2D eigenvalue weighted by molar-refractivity contribution is 7.07. The number of rotatable bonds is 1. The topological polar surface area (TPSA) is 72.1 Å².